The molecule has 14 nitrogen and oxygen atoms in total. The summed E-state index contributed by atoms with van der Waals surface area (Å²) in [4.78, 5) is 13.4. The third-order valence-corrected chi connectivity index (χ3v) is 20.0. The highest BCUT2D eigenvalue weighted by Gasteiger charge is 2.51. The summed E-state index contributed by atoms with van der Waals surface area (Å²) in [5, 5.41) is 87.8. The lowest BCUT2D eigenvalue weighted by Crippen LogP contribution is -2.65. The zero-order valence-electron chi connectivity index (χ0n) is 64.4. The van der Waals surface area contributed by atoms with Crippen LogP contribution in [0.3, 0.4) is 0 Å². The maximum atomic E-state index is 13.4. The Hall–Kier alpha value is -3.09. The van der Waals surface area contributed by atoms with Crippen LogP contribution < -0.4 is 5.32 Å². The van der Waals surface area contributed by atoms with Crippen molar-refractivity contribution in [2.45, 2.75) is 428 Å². The van der Waals surface area contributed by atoms with Crippen molar-refractivity contribution in [2.75, 3.05) is 19.8 Å². The molecule has 0 saturated carbocycles. The molecule has 2 heterocycles. The molecule has 2 aliphatic heterocycles. The SMILES string of the molecule is CC/C=C\C/C=C\C/C=C\C/C=C\C/C=C\C/C=C\C/C=C\CCCCCCCCCCCCCCCCCCCC(=O)NC(COC1OC(CO)C(OC2OC(CO)C(O)C(O)C2O)C(O)C1O)C(O)/C=C/CCCCCCCCCCCCCCCCCCCCCCCCCCCC. The van der Waals surface area contributed by atoms with E-state index >= 15 is 0 Å². The third-order valence-electron chi connectivity index (χ3n) is 20.0. The average molecular weight is 1420 g/mol. The molecular formula is C87H155NO13. The summed E-state index contributed by atoms with van der Waals surface area (Å²) in [6, 6.07) is -0.920. The Morgan fingerprint density at radius 1 is 0.366 bits per heavy atom. The molecule has 0 aromatic heterocycles. The summed E-state index contributed by atoms with van der Waals surface area (Å²) in [6.45, 7) is 2.73. The first-order valence-electron chi connectivity index (χ1n) is 42.0. The van der Waals surface area contributed by atoms with Gasteiger partial charge in [0.05, 0.1) is 32.0 Å². The Kier molecular flexibility index (Phi) is 65.1. The number of carbonyl (C=O) groups excluding carboxylic acids is 1. The summed E-state index contributed by atoms with van der Waals surface area (Å²) in [5.74, 6) is -0.236. The number of nitrogens with one attached hydrogen (secondary N) is 1. The maximum Gasteiger partial charge on any atom is 0.220 e. The fraction of sp³-hybridized carbons (Fsp3) is 0.805. The first kappa shape index (κ1) is 94.0. The van der Waals surface area contributed by atoms with Crippen LogP contribution in [0.2, 0.25) is 0 Å². The molecular weight excluding hydrogens is 1270 g/mol. The highest BCUT2D eigenvalue weighted by atomic mass is 16.7. The van der Waals surface area contributed by atoms with E-state index in [-0.39, 0.29) is 18.9 Å². The molecule has 0 aromatic rings. The zero-order chi connectivity index (χ0) is 73.0. The van der Waals surface area contributed by atoms with Gasteiger partial charge in [0.15, 0.2) is 12.6 Å². The lowest BCUT2D eigenvalue weighted by molar-refractivity contribution is -0.359. The minimum atomic E-state index is -1.79. The predicted molar refractivity (Wildman–Crippen MR) is 419 cm³/mol. The average Bonchev–Trinajstić information content (AvgIpc) is 0.790. The quantitative estimate of drug-likeness (QED) is 0.0204. The first-order chi connectivity index (χ1) is 49.6. The topological polar surface area (TPSA) is 228 Å². The molecule has 1 amide bonds. The minimum absolute atomic E-state index is 0.236. The Labute approximate surface area is 617 Å². The van der Waals surface area contributed by atoms with Crippen molar-refractivity contribution in [3.63, 3.8) is 0 Å². The molecule has 9 N–H and O–H groups in total. The Balaban J connectivity index is 1.59. The molecule has 586 valence electrons. The summed E-state index contributed by atoms with van der Waals surface area (Å²) in [5.41, 5.74) is 0. The molecule has 2 aliphatic rings. The van der Waals surface area contributed by atoms with Gasteiger partial charge >= 0.3 is 0 Å². The largest absolute Gasteiger partial charge is 0.394 e. The number of aliphatic hydroxyl groups is 8. The van der Waals surface area contributed by atoms with Gasteiger partial charge in [0.1, 0.15) is 48.8 Å². The minimum Gasteiger partial charge on any atom is -0.394 e. The van der Waals surface area contributed by atoms with Crippen molar-refractivity contribution in [2.24, 2.45) is 0 Å². The van der Waals surface area contributed by atoms with Crippen molar-refractivity contribution in [3.8, 4) is 0 Å². The van der Waals surface area contributed by atoms with Crippen LogP contribution in [0.5, 0.6) is 0 Å². The molecule has 12 atom stereocenters. The van der Waals surface area contributed by atoms with Gasteiger partial charge in [-0.15, -0.1) is 0 Å². The number of aliphatic hydroxyl groups excluding tert-OH is 8. The molecule has 101 heavy (non-hydrogen) atoms. The van der Waals surface area contributed by atoms with Gasteiger partial charge in [-0.2, -0.15) is 0 Å². The number of allylic oxidation sites excluding steroid dienone is 15. The van der Waals surface area contributed by atoms with Gasteiger partial charge in [0, 0.05) is 6.42 Å². The fourth-order valence-electron chi connectivity index (χ4n) is 13.5. The summed E-state index contributed by atoms with van der Waals surface area (Å²) in [7, 11) is 0. The molecule has 2 fully saturated rings. The van der Waals surface area contributed by atoms with Crippen LogP contribution in [0.1, 0.15) is 354 Å². The summed E-state index contributed by atoms with van der Waals surface area (Å²) >= 11 is 0. The second-order valence-corrected chi connectivity index (χ2v) is 29.2. The molecule has 2 rings (SSSR count). The number of ether oxygens (including phenoxy) is 4. The lowest BCUT2D eigenvalue weighted by atomic mass is 9.97. The Morgan fingerprint density at radius 2 is 0.683 bits per heavy atom. The van der Waals surface area contributed by atoms with Gasteiger partial charge < -0.3 is 65.1 Å². The van der Waals surface area contributed by atoms with Crippen molar-refractivity contribution in [1.29, 1.82) is 0 Å². The molecule has 2 saturated heterocycles. The van der Waals surface area contributed by atoms with Gasteiger partial charge in [0.2, 0.25) is 5.91 Å². The predicted octanol–water partition coefficient (Wildman–Crippen LogP) is 19.6. The number of unbranched alkanes of at least 4 members (excludes halogenated alkanes) is 43. The number of carbonyl (C=O) groups is 1. The monoisotopic (exact) mass is 1420 g/mol. The number of hydrogen-bond acceptors (Lipinski definition) is 13. The van der Waals surface area contributed by atoms with Crippen LogP contribution in [0.15, 0.2) is 97.2 Å². The van der Waals surface area contributed by atoms with Crippen molar-refractivity contribution in [1.82, 2.24) is 5.32 Å². The standard InChI is InChI=1S/C87H155NO13/c1-3-5-7-9-11-13-15-17-19-21-23-25-27-29-31-33-34-35-36-37-38-39-40-41-42-43-45-47-49-51-53-55-57-59-61-63-65-67-69-71-79(92)88-75(74-98-86-84(97)82(95)85(78(73-90)100-86)101-87-83(96)81(94)80(93)77(72-89)99-87)76(91)70-68-66-64-62-60-58-56-54-52-50-48-46-44-32-30-28-26-24-22-20-18-16-14-12-10-8-6-4-2/h5,7,11,13,17,19,23,25,29,31,34-35,37-38,68,70,75-78,80-87,89-91,93-97H,3-4,6,8-10,12,14-16,18,20-22,24,26-28,30,32-33,36,39-67,69,71-74H2,1-2H3,(H,88,92)/b7-5-,13-11-,19-17-,25-23-,31-29-,35-34-,38-37-,70-68+. The van der Waals surface area contributed by atoms with Crippen LogP contribution in [0.25, 0.3) is 0 Å². The second-order valence-electron chi connectivity index (χ2n) is 29.2. The van der Waals surface area contributed by atoms with Crippen LogP contribution in [0.4, 0.5) is 0 Å². The van der Waals surface area contributed by atoms with E-state index in [4.69, 9.17) is 18.9 Å². The highest BCUT2D eigenvalue weighted by Crippen LogP contribution is 2.30. The molecule has 0 radical (unpaired) electrons. The Morgan fingerprint density at radius 3 is 1.05 bits per heavy atom. The van der Waals surface area contributed by atoms with E-state index in [1.807, 2.05) is 6.08 Å². The molecule has 0 spiro atoms. The van der Waals surface area contributed by atoms with E-state index in [2.05, 4.69) is 104 Å². The van der Waals surface area contributed by atoms with Gasteiger partial charge in [0.25, 0.3) is 0 Å². The molecule has 14 heteroatoms. The van der Waals surface area contributed by atoms with E-state index < -0.39 is 86.8 Å². The molecule has 0 bridgehead atoms. The van der Waals surface area contributed by atoms with Crippen molar-refractivity contribution < 1.29 is 64.6 Å². The van der Waals surface area contributed by atoms with Crippen molar-refractivity contribution >= 4 is 5.91 Å². The summed E-state index contributed by atoms with van der Waals surface area (Å²) in [6.07, 6.45) is 83.5. The van der Waals surface area contributed by atoms with Crippen LogP contribution in [0, 0.1) is 0 Å². The van der Waals surface area contributed by atoms with Gasteiger partial charge in [-0.3, -0.25) is 4.79 Å². The normalized spacial score (nSPS) is 22.2. The highest BCUT2D eigenvalue weighted by molar-refractivity contribution is 5.76. The smallest absolute Gasteiger partial charge is 0.220 e. The van der Waals surface area contributed by atoms with E-state index in [0.717, 1.165) is 83.5 Å². The van der Waals surface area contributed by atoms with Gasteiger partial charge in [-0.05, 0) is 77.0 Å². The number of amides is 1. The molecule has 12 unspecified atom stereocenters. The van der Waals surface area contributed by atoms with E-state index in [1.165, 1.54) is 244 Å². The Bertz CT molecular complexity index is 2070. The van der Waals surface area contributed by atoms with E-state index in [1.54, 1.807) is 6.08 Å². The zero-order valence-corrected chi connectivity index (χ0v) is 64.4. The van der Waals surface area contributed by atoms with Crippen LogP contribution >= 0.6 is 0 Å². The van der Waals surface area contributed by atoms with Gasteiger partial charge in [-0.1, -0.05) is 368 Å². The fourth-order valence-corrected chi connectivity index (χ4v) is 13.5. The molecule has 0 aliphatic carbocycles. The van der Waals surface area contributed by atoms with Crippen LogP contribution in [-0.2, 0) is 23.7 Å². The van der Waals surface area contributed by atoms with E-state index in [0.29, 0.717) is 6.42 Å². The van der Waals surface area contributed by atoms with Gasteiger partial charge in [-0.25, -0.2) is 0 Å². The summed E-state index contributed by atoms with van der Waals surface area (Å²) < 4.78 is 22.9. The molecule has 0 aromatic carbocycles. The van der Waals surface area contributed by atoms with E-state index in [9.17, 15) is 45.6 Å². The first-order valence-corrected chi connectivity index (χ1v) is 42.0. The number of rotatable bonds is 70. The lowest BCUT2D eigenvalue weighted by Gasteiger charge is -2.46. The maximum absolute atomic E-state index is 13.4. The number of hydrogen-bond donors (Lipinski definition) is 9. The second kappa shape index (κ2) is 69.9. The van der Waals surface area contributed by atoms with Crippen molar-refractivity contribution in [3.05, 3.63) is 97.2 Å². The van der Waals surface area contributed by atoms with Crippen LogP contribution in [-0.4, -0.2) is 140 Å². The third kappa shape index (κ3) is 52.5.